The van der Waals surface area contributed by atoms with E-state index in [1.807, 2.05) is 12.2 Å². The Morgan fingerprint density at radius 1 is 1.38 bits per heavy atom. The van der Waals surface area contributed by atoms with Crippen LogP contribution >= 0.6 is 0 Å². The first kappa shape index (κ1) is 15.6. The van der Waals surface area contributed by atoms with E-state index in [-0.39, 0.29) is 5.41 Å². The summed E-state index contributed by atoms with van der Waals surface area (Å²) in [5.41, 5.74) is 5.53. The molecular weight excluding hydrogens is 272 g/mol. The van der Waals surface area contributed by atoms with Crippen LogP contribution in [0.4, 0.5) is 4.79 Å². The molecule has 6 heteroatoms. The number of aliphatic carboxylic acids is 1. The second kappa shape index (κ2) is 6.76. The van der Waals surface area contributed by atoms with Gasteiger partial charge in [-0.15, -0.1) is 0 Å². The van der Waals surface area contributed by atoms with E-state index in [9.17, 15) is 9.59 Å². The van der Waals surface area contributed by atoms with Gasteiger partial charge in [-0.1, -0.05) is 24.3 Å². The van der Waals surface area contributed by atoms with Gasteiger partial charge < -0.3 is 20.9 Å². The number of nitrogens with one attached hydrogen (secondary N) is 1. The van der Waals surface area contributed by atoms with E-state index in [0.29, 0.717) is 38.3 Å². The molecule has 0 saturated heterocycles. The highest BCUT2D eigenvalue weighted by Crippen LogP contribution is 2.56. The van der Waals surface area contributed by atoms with Crippen molar-refractivity contribution < 1.29 is 19.4 Å². The van der Waals surface area contributed by atoms with Crippen molar-refractivity contribution in [1.82, 2.24) is 5.32 Å². The zero-order valence-electron chi connectivity index (χ0n) is 12.0. The number of amides is 1. The van der Waals surface area contributed by atoms with Gasteiger partial charge in [0.2, 0.25) is 0 Å². The van der Waals surface area contributed by atoms with Crippen molar-refractivity contribution >= 4 is 12.1 Å². The number of alkyl carbamates (subject to hydrolysis) is 1. The lowest BCUT2D eigenvalue weighted by Crippen LogP contribution is -2.30. The number of carbonyl (C=O) groups is 2. The predicted molar refractivity (Wildman–Crippen MR) is 77.6 cm³/mol. The summed E-state index contributed by atoms with van der Waals surface area (Å²) < 4.78 is 5.18. The number of carbonyl (C=O) groups excluding carboxylic acids is 1. The third-order valence-electron chi connectivity index (χ3n) is 4.07. The molecule has 2 aliphatic rings. The monoisotopic (exact) mass is 294 g/mol. The van der Waals surface area contributed by atoms with Gasteiger partial charge in [0.05, 0.1) is 6.61 Å². The number of unbranched alkanes of at least 4 members (excludes halogenated alkanes) is 1. The fourth-order valence-corrected chi connectivity index (χ4v) is 2.55. The number of hydrogen-bond donors (Lipinski definition) is 3. The number of hydrogen-bond acceptors (Lipinski definition) is 4. The van der Waals surface area contributed by atoms with Crippen LogP contribution in [0.1, 0.15) is 25.7 Å². The maximum absolute atomic E-state index is 11.5. The van der Waals surface area contributed by atoms with Crippen LogP contribution in [0.5, 0.6) is 0 Å². The summed E-state index contributed by atoms with van der Waals surface area (Å²) in [6.07, 6.45) is 10.8. The minimum Gasteiger partial charge on any atom is -0.480 e. The Balaban J connectivity index is 1.48. The van der Waals surface area contributed by atoms with E-state index in [4.69, 9.17) is 15.6 Å². The quantitative estimate of drug-likeness (QED) is 0.588. The second-order valence-corrected chi connectivity index (χ2v) is 5.70. The molecule has 0 aromatic heterocycles. The van der Waals surface area contributed by atoms with Gasteiger partial charge in [-0.05, 0) is 25.7 Å². The molecule has 0 aromatic carbocycles. The molecule has 0 aliphatic heterocycles. The standard InChI is InChI=1S/C15H22N2O4/c16-12(13(18)19)5-1-4-8-17-14(20)21-10-11-9-15(11)6-2-3-7-15/h2-3,6-7,11-12H,1,4-5,8-10,16H2,(H,17,20)(H,18,19). The molecule has 0 bridgehead atoms. The lowest BCUT2D eigenvalue weighted by molar-refractivity contribution is -0.138. The normalized spacial score (nSPS) is 22.2. The molecule has 2 rings (SSSR count). The summed E-state index contributed by atoms with van der Waals surface area (Å²) in [6, 6.07) is -0.824. The number of carboxylic acids is 1. The van der Waals surface area contributed by atoms with Gasteiger partial charge in [0.15, 0.2) is 0 Å². The van der Waals surface area contributed by atoms with E-state index in [0.717, 1.165) is 6.42 Å². The average molecular weight is 294 g/mol. The summed E-state index contributed by atoms with van der Waals surface area (Å²) >= 11 is 0. The van der Waals surface area contributed by atoms with Crippen molar-refractivity contribution in [3.8, 4) is 0 Å². The van der Waals surface area contributed by atoms with E-state index in [1.165, 1.54) is 0 Å². The number of allylic oxidation sites excluding steroid dienone is 4. The van der Waals surface area contributed by atoms with Crippen molar-refractivity contribution in [2.45, 2.75) is 31.7 Å². The van der Waals surface area contributed by atoms with E-state index in [2.05, 4.69) is 17.5 Å². The van der Waals surface area contributed by atoms with Crippen LogP contribution in [-0.2, 0) is 9.53 Å². The zero-order chi connectivity index (χ0) is 15.3. The van der Waals surface area contributed by atoms with Gasteiger partial charge in [0.25, 0.3) is 0 Å². The Kier molecular flexibility index (Phi) is 5.01. The molecule has 2 aliphatic carbocycles. The molecule has 6 nitrogen and oxygen atoms in total. The molecule has 1 spiro atoms. The molecule has 0 radical (unpaired) electrons. The minimum absolute atomic E-state index is 0.146. The molecule has 116 valence electrons. The average Bonchev–Trinajstić information content (AvgIpc) is 2.89. The predicted octanol–water partition coefficient (Wildman–Crippen LogP) is 1.43. The van der Waals surface area contributed by atoms with Crippen molar-refractivity contribution in [2.24, 2.45) is 17.1 Å². The van der Waals surface area contributed by atoms with E-state index < -0.39 is 18.1 Å². The molecule has 0 aromatic rings. The zero-order valence-corrected chi connectivity index (χ0v) is 12.0. The summed E-state index contributed by atoms with van der Waals surface area (Å²) in [6.45, 7) is 0.908. The topological polar surface area (TPSA) is 102 Å². The number of carboxylic acid groups (broad SMARTS) is 1. The SMILES string of the molecule is NC(CCCCNC(=O)OCC1CC12C=CC=C2)C(=O)O. The van der Waals surface area contributed by atoms with Crippen molar-refractivity contribution in [3.63, 3.8) is 0 Å². The molecular formula is C15H22N2O4. The lowest BCUT2D eigenvalue weighted by atomic mass is 10.1. The fraction of sp³-hybridized carbons (Fsp3) is 0.600. The van der Waals surface area contributed by atoms with Gasteiger partial charge in [-0.2, -0.15) is 0 Å². The largest absolute Gasteiger partial charge is 0.480 e. The molecule has 2 atom stereocenters. The molecule has 21 heavy (non-hydrogen) atoms. The van der Waals surface area contributed by atoms with Gasteiger partial charge >= 0.3 is 12.1 Å². The van der Waals surface area contributed by atoms with Crippen LogP contribution in [0, 0.1) is 11.3 Å². The summed E-state index contributed by atoms with van der Waals surface area (Å²) in [4.78, 5) is 22.0. The van der Waals surface area contributed by atoms with Gasteiger partial charge in [0, 0.05) is 17.9 Å². The van der Waals surface area contributed by atoms with Crippen LogP contribution in [0.25, 0.3) is 0 Å². The maximum atomic E-state index is 11.5. The Bertz CT molecular complexity index is 447. The maximum Gasteiger partial charge on any atom is 0.407 e. The fourth-order valence-electron chi connectivity index (χ4n) is 2.55. The van der Waals surface area contributed by atoms with Gasteiger partial charge in [-0.25, -0.2) is 4.79 Å². The van der Waals surface area contributed by atoms with Crippen LogP contribution in [0.15, 0.2) is 24.3 Å². The molecule has 0 heterocycles. The van der Waals surface area contributed by atoms with Crippen LogP contribution < -0.4 is 11.1 Å². The van der Waals surface area contributed by atoms with Crippen molar-refractivity contribution in [3.05, 3.63) is 24.3 Å². The first-order valence-electron chi connectivity index (χ1n) is 7.29. The minimum atomic E-state index is -0.990. The number of nitrogens with two attached hydrogens (primary N) is 1. The third kappa shape index (κ3) is 4.32. The highest BCUT2D eigenvalue weighted by Gasteiger charge is 2.51. The summed E-state index contributed by atoms with van der Waals surface area (Å²) in [5.74, 6) is -0.595. The Hall–Kier alpha value is -1.82. The van der Waals surface area contributed by atoms with Crippen LogP contribution in [0.2, 0.25) is 0 Å². The highest BCUT2D eigenvalue weighted by molar-refractivity contribution is 5.72. The molecule has 1 saturated carbocycles. The van der Waals surface area contributed by atoms with Gasteiger partial charge in [-0.3, -0.25) is 4.79 Å². The molecule has 1 amide bonds. The number of rotatable bonds is 8. The van der Waals surface area contributed by atoms with Gasteiger partial charge in [0.1, 0.15) is 6.04 Å². The van der Waals surface area contributed by atoms with Crippen molar-refractivity contribution in [1.29, 1.82) is 0 Å². The Morgan fingerprint density at radius 3 is 2.76 bits per heavy atom. The highest BCUT2D eigenvalue weighted by atomic mass is 16.5. The molecule has 2 unspecified atom stereocenters. The smallest absolute Gasteiger partial charge is 0.407 e. The molecule has 4 N–H and O–H groups in total. The first-order chi connectivity index (χ1) is 10.0. The lowest BCUT2D eigenvalue weighted by Gasteiger charge is -2.09. The Labute approximate surface area is 124 Å². The third-order valence-corrected chi connectivity index (χ3v) is 4.07. The van der Waals surface area contributed by atoms with E-state index in [1.54, 1.807) is 0 Å². The number of ether oxygens (including phenoxy) is 1. The molecule has 1 fully saturated rings. The van der Waals surface area contributed by atoms with Crippen LogP contribution in [0.3, 0.4) is 0 Å². The van der Waals surface area contributed by atoms with Crippen molar-refractivity contribution in [2.75, 3.05) is 13.2 Å². The summed E-state index contributed by atoms with van der Waals surface area (Å²) in [7, 11) is 0. The first-order valence-corrected chi connectivity index (χ1v) is 7.29. The Morgan fingerprint density at radius 2 is 2.10 bits per heavy atom. The van der Waals surface area contributed by atoms with Crippen LogP contribution in [-0.4, -0.2) is 36.4 Å². The second-order valence-electron chi connectivity index (χ2n) is 5.70. The van der Waals surface area contributed by atoms with E-state index >= 15 is 0 Å². The summed E-state index contributed by atoms with van der Waals surface area (Å²) in [5, 5.41) is 11.3.